The van der Waals surface area contributed by atoms with Crippen LogP contribution in [-0.2, 0) is 22.6 Å². The van der Waals surface area contributed by atoms with Crippen LogP contribution in [0.4, 0.5) is 5.13 Å². The molecule has 0 aliphatic heterocycles. The van der Waals surface area contributed by atoms with E-state index in [1.807, 2.05) is 60.0 Å². The van der Waals surface area contributed by atoms with E-state index < -0.39 is 0 Å². The summed E-state index contributed by atoms with van der Waals surface area (Å²) in [5.41, 5.74) is 4.20. The predicted molar refractivity (Wildman–Crippen MR) is 124 cm³/mol. The zero-order valence-electron chi connectivity index (χ0n) is 17.7. The largest absolute Gasteiger partial charge is 0.441 e. The Morgan fingerprint density at radius 3 is 2.47 bits per heavy atom. The molecule has 7 nitrogen and oxygen atoms in total. The summed E-state index contributed by atoms with van der Waals surface area (Å²) in [4.78, 5) is 32.6. The number of hydrogen-bond acceptors (Lipinski definition) is 6. The summed E-state index contributed by atoms with van der Waals surface area (Å²) in [5.74, 6) is 0.862. The molecule has 0 aliphatic carbocycles. The Hall–Kier alpha value is -3.78. The number of oxazole rings is 1. The van der Waals surface area contributed by atoms with E-state index in [0.29, 0.717) is 29.0 Å². The number of amides is 2. The van der Waals surface area contributed by atoms with E-state index in [1.165, 1.54) is 18.3 Å². The van der Waals surface area contributed by atoms with Gasteiger partial charge in [-0.05, 0) is 24.6 Å². The molecule has 0 aliphatic rings. The Kier molecular flexibility index (Phi) is 6.42. The van der Waals surface area contributed by atoms with Crippen molar-refractivity contribution in [2.75, 3.05) is 5.32 Å². The van der Waals surface area contributed by atoms with Crippen molar-refractivity contribution in [3.8, 4) is 22.7 Å². The zero-order chi connectivity index (χ0) is 22.5. The van der Waals surface area contributed by atoms with Gasteiger partial charge >= 0.3 is 0 Å². The van der Waals surface area contributed by atoms with E-state index in [0.717, 1.165) is 22.4 Å². The standard InChI is InChI=1S/C24H22N4O3S/c1-15-20(26-23(31-15)19-6-4-3-5-7-19)12-22(30)28-24-27-21(14-32-24)18-10-8-17(9-11-18)13-25-16(2)29/h3-11,14H,12-13H2,1-2H3,(H,25,29)(H,27,28,30). The Labute approximate surface area is 189 Å². The minimum Gasteiger partial charge on any atom is -0.441 e. The number of thiazole rings is 1. The van der Waals surface area contributed by atoms with Gasteiger partial charge in [0.15, 0.2) is 5.13 Å². The molecule has 0 spiro atoms. The van der Waals surface area contributed by atoms with Crippen LogP contribution in [0.1, 0.15) is 23.9 Å². The van der Waals surface area contributed by atoms with Crippen molar-refractivity contribution in [3.63, 3.8) is 0 Å². The van der Waals surface area contributed by atoms with Crippen molar-refractivity contribution in [1.29, 1.82) is 0 Å². The summed E-state index contributed by atoms with van der Waals surface area (Å²) in [6.45, 7) is 3.78. The van der Waals surface area contributed by atoms with Gasteiger partial charge in [-0.15, -0.1) is 11.3 Å². The first-order valence-electron chi connectivity index (χ1n) is 10.1. The molecule has 32 heavy (non-hydrogen) atoms. The number of hydrogen-bond donors (Lipinski definition) is 2. The highest BCUT2D eigenvalue weighted by Crippen LogP contribution is 2.26. The number of aryl methyl sites for hydroxylation is 1. The van der Waals surface area contributed by atoms with Crippen LogP contribution in [-0.4, -0.2) is 21.8 Å². The minimum atomic E-state index is -0.201. The monoisotopic (exact) mass is 446 g/mol. The van der Waals surface area contributed by atoms with E-state index >= 15 is 0 Å². The maximum absolute atomic E-state index is 12.5. The number of carbonyl (C=O) groups excluding carboxylic acids is 2. The van der Waals surface area contributed by atoms with Gasteiger partial charge in [0.05, 0.1) is 17.8 Å². The highest BCUT2D eigenvalue weighted by atomic mass is 32.1. The van der Waals surface area contributed by atoms with Crippen LogP contribution in [0.3, 0.4) is 0 Å². The molecule has 0 fully saturated rings. The van der Waals surface area contributed by atoms with Crippen LogP contribution >= 0.6 is 11.3 Å². The lowest BCUT2D eigenvalue weighted by Crippen LogP contribution is -2.18. The van der Waals surface area contributed by atoms with E-state index in [4.69, 9.17) is 4.42 Å². The van der Waals surface area contributed by atoms with E-state index in [9.17, 15) is 9.59 Å². The second-order valence-electron chi connectivity index (χ2n) is 7.26. The molecule has 2 aromatic heterocycles. The number of nitrogens with zero attached hydrogens (tertiary/aromatic N) is 2. The molecule has 0 saturated heterocycles. The summed E-state index contributed by atoms with van der Waals surface area (Å²) < 4.78 is 5.73. The molecule has 2 amide bonds. The van der Waals surface area contributed by atoms with Gasteiger partial charge in [0, 0.05) is 30.0 Å². The lowest BCUT2D eigenvalue weighted by atomic mass is 10.1. The molecule has 0 atom stereocenters. The molecule has 0 radical (unpaired) electrons. The van der Waals surface area contributed by atoms with E-state index in [2.05, 4.69) is 20.6 Å². The molecule has 4 aromatic rings. The van der Waals surface area contributed by atoms with Crippen molar-refractivity contribution >= 4 is 28.3 Å². The minimum absolute atomic E-state index is 0.0638. The van der Waals surface area contributed by atoms with Crippen molar-refractivity contribution in [1.82, 2.24) is 15.3 Å². The van der Waals surface area contributed by atoms with Gasteiger partial charge in [0.25, 0.3) is 0 Å². The normalized spacial score (nSPS) is 10.7. The molecule has 0 unspecified atom stereocenters. The van der Waals surface area contributed by atoms with Crippen LogP contribution in [0.2, 0.25) is 0 Å². The number of carbonyl (C=O) groups is 2. The highest BCUT2D eigenvalue weighted by Gasteiger charge is 2.16. The third-order valence-corrected chi connectivity index (χ3v) is 5.54. The van der Waals surface area contributed by atoms with Crippen molar-refractivity contribution < 1.29 is 14.0 Å². The fourth-order valence-electron chi connectivity index (χ4n) is 3.10. The molecule has 0 bridgehead atoms. The number of rotatable bonds is 7. The first-order chi connectivity index (χ1) is 15.5. The van der Waals surface area contributed by atoms with Crippen LogP contribution < -0.4 is 10.6 Å². The molecule has 2 aromatic carbocycles. The first kappa shape index (κ1) is 21.5. The molecule has 4 rings (SSSR count). The SMILES string of the molecule is CC(=O)NCc1ccc(-c2csc(NC(=O)Cc3nc(-c4ccccc4)oc3C)n2)cc1. The molecule has 2 N–H and O–H groups in total. The van der Waals surface area contributed by atoms with E-state index in [-0.39, 0.29) is 18.2 Å². The van der Waals surface area contributed by atoms with Crippen LogP contribution in [0.5, 0.6) is 0 Å². The van der Waals surface area contributed by atoms with Crippen molar-refractivity contribution in [3.05, 3.63) is 77.0 Å². The number of anilines is 1. The maximum Gasteiger partial charge on any atom is 0.232 e. The van der Waals surface area contributed by atoms with Crippen molar-refractivity contribution in [2.45, 2.75) is 26.8 Å². The first-order valence-corrected chi connectivity index (χ1v) is 11.0. The fraction of sp³-hybridized carbons (Fsp3) is 0.167. The third kappa shape index (κ3) is 5.28. The van der Waals surface area contributed by atoms with Crippen LogP contribution in [0, 0.1) is 6.92 Å². The molecule has 2 heterocycles. The quantitative estimate of drug-likeness (QED) is 0.433. The smallest absolute Gasteiger partial charge is 0.232 e. The van der Waals surface area contributed by atoms with Gasteiger partial charge in [-0.25, -0.2) is 9.97 Å². The third-order valence-electron chi connectivity index (χ3n) is 4.78. The maximum atomic E-state index is 12.5. The summed E-state index contributed by atoms with van der Waals surface area (Å²) in [5, 5.41) is 8.03. The van der Waals surface area contributed by atoms with Gasteiger partial charge in [-0.1, -0.05) is 42.5 Å². The lowest BCUT2D eigenvalue weighted by Gasteiger charge is -2.03. The van der Waals surface area contributed by atoms with E-state index in [1.54, 1.807) is 6.92 Å². The van der Waals surface area contributed by atoms with Gasteiger partial charge in [-0.3, -0.25) is 9.59 Å². The molecular formula is C24H22N4O3S. The predicted octanol–water partition coefficient (Wildman–Crippen LogP) is 4.59. The molecule has 0 saturated carbocycles. The van der Waals surface area contributed by atoms with Crippen LogP contribution in [0.25, 0.3) is 22.7 Å². The molecule has 8 heteroatoms. The van der Waals surface area contributed by atoms with Gasteiger partial charge in [0.1, 0.15) is 5.76 Å². The number of nitrogens with one attached hydrogen (secondary N) is 2. The number of aromatic nitrogens is 2. The summed E-state index contributed by atoms with van der Waals surface area (Å²) in [7, 11) is 0. The summed E-state index contributed by atoms with van der Waals surface area (Å²) in [6.07, 6.45) is 0.106. The van der Waals surface area contributed by atoms with Gasteiger partial charge < -0.3 is 15.1 Å². The average Bonchev–Trinajstić information content (AvgIpc) is 3.40. The Bertz CT molecular complexity index is 1230. The molecular weight excluding hydrogens is 424 g/mol. The van der Waals surface area contributed by atoms with Gasteiger partial charge in [-0.2, -0.15) is 0 Å². The zero-order valence-corrected chi connectivity index (χ0v) is 18.5. The lowest BCUT2D eigenvalue weighted by molar-refractivity contribution is -0.119. The number of benzene rings is 2. The average molecular weight is 447 g/mol. The topological polar surface area (TPSA) is 97.1 Å². The van der Waals surface area contributed by atoms with Crippen LogP contribution in [0.15, 0.2) is 64.4 Å². The second kappa shape index (κ2) is 9.57. The Balaban J connectivity index is 1.38. The fourth-order valence-corrected chi connectivity index (χ4v) is 3.83. The Morgan fingerprint density at radius 1 is 1.00 bits per heavy atom. The summed E-state index contributed by atoms with van der Waals surface area (Å²) in [6, 6.07) is 17.4. The highest BCUT2D eigenvalue weighted by molar-refractivity contribution is 7.14. The van der Waals surface area contributed by atoms with Crippen molar-refractivity contribution in [2.24, 2.45) is 0 Å². The Morgan fingerprint density at radius 2 is 1.75 bits per heavy atom. The summed E-state index contributed by atoms with van der Waals surface area (Å²) >= 11 is 1.36. The van der Waals surface area contributed by atoms with Gasteiger partial charge in [0.2, 0.25) is 17.7 Å². The second-order valence-corrected chi connectivity index (χ2v) is 8.12. The molecule has 162 valence electrons.